The van der Waals surface area contributed by atoms with Crippen molar-refractivity contribution in [2.75, 3.05) is 6.54 Å². The topological polar surface area (TPSA) is 24.9 Å². The average molecular weight is 270 g/mol. The number of nitrogens with zero attached hydrogens (tertiary/aromatic N) is 1. The van der Waals surface area contributed by atoms with E-state index in [1.54, 1.807) is 11.3 Å². The fourth-order valence-corrected chi connectivity index (χ4v) is 4.74. The summed E-state index contributed by atoms with van der Waals surface area (Å²) in [5.41, 5.74) is 0. The van der Waals surface area contributed by atoms with Crippen LogP contribution in [0.1, 0.15) is 39.5 Å². The Labute approximate surface area is 113 Å². The minimum absolute atomic E-state index is 0.681. The third-order valence-electron chi connectivity index (χ3n) is 3.37. The van der Waals surface area contributed by atoms with Crippen molar-refractivity contribution in [3.63, 3.8) is 0 Å². The molecule has 0 aliphatic heterocycles. The first kappa shape index (κ1) is 13.4. The van der Waals surface area contributed by atoms with Gasteiger partial charge in [0.1, 0.15) is 4.34 Å². The highest BCUT2D eigenvalue weighted by Crippen LogP contribution is 2.37. The second-order valence-corrected chi connectivity index (χ2v) is 7.31. The van der Waals surface area contributed by atoms with Crippen LogP contribution >= 0.6 is 23.1 Å². The van der Waals surface area contributed by atoms with E-state index in [1.165, 1.54) is 30.0 Å². The maximum absolute atomic E-state index is 4.40. The van der Waals surface area contributed by atoms with E-state index in [0.29, 0.717) is 11.3 Å². The van der Waals surface area contributed by atoms with Crippen LogP contribution in [0, 0.1) is 5.92 Å². The van der Waals surface area contributed by atoms with Crippen molar-refractivity contribution in [1.82, 2.24) is 10.3 Å². The fourth-order valence-electron chi connectivity index (χ4n) is 2.42. The molecule has 1 N–H and O–H groups in total. The second-order valence-electron chi connectivity index (χ2n) is 4.93. The van der Waals surface area contributed by atoms with Crippen molar-refractivity contribution in [2.45, 2.75) is 55.2 Å². The Balaban J connectivity index is 1.93. The quantitative estimate of drug-likeness (QED) is 0.881. The number of nitrogens with one attached hydrogen (secondary N) is 1. The van der Waals surface area contributed by atoms with E-state index in [-0.39, 0.29) is 0 Å². The molecule has 1 aliphatic carbocycles. The molecule has 0 saturated heterocycles. The molecule has 17 heavy (non-hydrogen) atoms. The lowest BCUT2D eigenvalue weighted by atomic mass is 9.87. The number of rotatable bonds is 5. The molecule has 1 heterocycles. The van der Waals surface area contributed by atoms with Crippen LogP contribution in [0.15, 0.2) is 15.9 Å². The summed E-state index contributed by atoms with van der Waals surface area (Å²) in [6, 6.07) is 0.681. The van der Waals surface area contributed by atoms with E-state index in [4.69, 9.17) is 0 Å². The molecule has 0 amide bonds. The molecule has 3 atom stereocenters. The van der Waals surface area contributed by atoms with Gasteiger partial charge < -0.3 is 5.32 Å². The summed E-state index contributed by atoms with van der Waals surface area (Å²) in [6.45, 7) is 5.76. The van der Waals surface area contributed by atoms with Gasteiger partial charge in [-0.25, -0.2) is 4.98 Å². The summed E-state index contributed by atoms with van der Waals surface area (Å²) in [5.74, 6) is 0.868. The molecule has 4 heteroatoms. The van der Waals surface area contributed by atoms with E-state index in [9.17, 15) is 0 Å². The minimum Gasteiger partial charge on any atom is -0.313 e. The normalized spacial score (nSPS) is 29.4. The maximum Gasteiger partial charge on any atom is 0.150 e. The summed E-state index contributed by atoms with van der Waals surface area (Å²) in [5, 5.41) is 6.49. The third kappa shape index (κ3) is 3.97. The van der Waals surface area contributed by atoms with Gasteiger partial charge in [0, 0.05) is 22.9 Å². The van der Waals surface area contributed by atoms with E-state index >= 15 is 0 Å². The number of hydrogen-bond donors (Lipinski definition) is 1. The van der Waals surface area contributed by atoms with Gasteiger partial charge in [-0.3, -0.25) is 0 Å². The van der Waals surface area contributed by atoms with Crippen molar-refractivity contribution < 1.29 is 0 Å². The van der Waals surface area contributed by atoms with Crippen molar-refractivity contribution >= 4 is 23.1 Å². The Morgan fingerprint density at radius 3 is 3.12 bits per heavy atom. The van der Waals surface area contributed by atoms with Crippen LogP contribution in [0.25, 0.3) is 0 Å². The highest BCUT2D eigenvalue weighted by atomic mass is 32.2. The first-order chi connectivity index (χ1) is 8.29. The summed E-state index contributed by atoms with van der Waals surface area (Å²) < 4.78 is 1.23. The number of hydrogen-bond acceptors (Lipinski definition) is 4. The Morgan fingerprint density at radius 2 is 2.41 bits per heavy atom. The lowest BCUT2D eigenvalue weighted by molar-refractivity contribution is 0.317. The molecule has 96 valence electrons. The zero-order valence-electron chi connectivity index (χ0n) is 10.7. The fraction of sp³-hybridized carbons (Fsp3) is 0.769. The van der Waals surface area contributed by atoms with Gasteiger partial charge in [-0.2, -0.15) is 0 Å². The van der Waals surface area contributed by atoms with Crippen LogP contribution in [-0.2, 0) is 0 Å². The summed E-state index contributed by atoms with van der Waals surface area (Å²) >= 11 is 3.75. The van der Waals surface area contributed by atoms with Crippen molar-refractivity contribution in [3.8, 4) is 0 Å². The van der Waals surface area contributed by atoms with E-state index in [1.807, 2.05) is 18.0 Å². The highest BCUT2D eigenvalue weighted by Gasteiger charge is 2.29. The van der Waals surface area contributed by atoms with Crippen molar-refractivity contribution in [1.29, 1.82) is 0 Å². The van der Waals surface area contributed by atoms with Gasteiger partial charge in [-0.05, 0) is 38.1 Å². The molecule has 1 aromatic heterocycles. The molecule has 1 aromatic rings. The summed E-state index contributed by atoms with van der Waals surface area (Å²) in [6.07, 6.45) is 7.15. The monoisotopic (exact) mass is 270 g/mol. The largest absolute Gasteiger partial charge is 0.313 e. The van der Waals surface area contributed by atoms with Crippen LogP contribution in [0.4, 0.5) is 0 Å². The predicted octanol–water partition coefficient (Wildman–Crippen LogP) is 3.79. The minimum atomic E-state index is 0.681. The van der Waals surface area contributed by atoms with Crippen molar-refractivity contribution in [3.05, 3.63) is 11.6 Å². The molecule has 0 aromatic carbocycles. The highest BCUT2D eigenvalue weighted by molar-refractivity contribution is 8.01. The summed E-state index contributed by atoms with van der Waals surface area (Å²) in [4.78, 5) is 4.40. The first-order valence-corrected chi connectivity index (χ1v) is 8.35. The molecule has 0 bridgehead atoms. The van der Waals surface area contributed by atoms with Crippen LogP contribution in [-0.4, -0.2) is 22.8 Å². The Kier molecular flexibility index (Phi) is 5.32. The van der Waals surface area contributed by atoms with Crippen LogP contribution < -0.4 is 5.32 Å². The Hall–Kier alpha value is -0.0600. The maximum atomic E-state index is 4.40. The van der Waals surface area contributed by atoms with Crippen molar-refractivity contribution in [2.24, 2.45) is 5.92 Å². The molecular weight excluding hydrogens is 248 g/mol. The third-order valence-corrected chi connectivity index (χ3v) is 5.65. The zero-order chi connectivity index (χ0) is 12.1. The standard InChI is InChI=1S/C13H22N2S2/c1-3-6-14-11-5-4-10(2)9-12(11)17-13-15-7-8-16-13/h7-8,10-12,14H,3-6,9H2,1-2H3. The van der Waals surface area contributed by atoms with Crippen LogP contribution in [0.5, 0.6) is 0 Å². The first-order valence-electron chi connectivity index (χ1n) is 6.59. The van der Waals surface area contributed by atoms with Gasteiger partial charge in [0.25, 0.3) is 0 Å². The molecule has 3 unspecified atom stereocenters. The molecule has 1 saturated carbocycles. The number of aromatic nitrogens is 1. The molecule has 0 radical (unpaired) electrons. The van der Waals surface area contributed by atoms with E-state index in [0.717, 1.165) is 12.5 Å². The van der Waals surface area contributed by atoms with Gasteiger partial charge in [0.2, 0.25) is 0 Å². The lowest BCUT2D eigenvalue weighted by Crippen LogP contribution is -2.42. The van der Waals surface area contributed by atoms with Gasteiger partial charge in [-0.15, -0.1) is 11.3 Å². The molecule has 0 spiro atoms. The Morgan fingerprint density at radius 1 is 1.53 bits per heavy atom. The van der Waals surface area contributed by atoms with E-state index < -0.39 is 0 Å². The van der Waals surface area contributed by atoms with E-state index in [2.05, 4.69) is 29.5 Å². The smallest absolute Gasteiger partial charge is 0.150 e. The van der Waals surface area contributed by atoms with Crippen LogP contribution in [0.3, 0.4) is 0 Å². The molecule has 2 nitrogen and oxygen atoms in total. The lowest BCUT2D eigenvalue weighted by Gasteiger charge is -2.34. The van der Waals surface area contributed by atoms with Gasteiger partial charge >= 0.3 is 0 Å². The van der Waals surface area contributed by atoms with Gasteiger partial charge in [0.15, 0.2) is 0 Å². The molecular formula is C13H22N2S2. The second kappa shape index (κ2) is 6.76. The van der Waals surface area contributed by atoms with Crippen LogP contribution in [0.2, 0.25) is 0 Å². The predicted molar refractivity (Wildman–Crippen MR) is 76.9 cm³/mol. The molecule has 1 fully saturated rings. The number of thioether (sulfide) groups is 1. The summed E-state index contributed by atoms with van der Waals surface area (Å²) in [7, 11) is 0. The molecule has 1 aliphatic rings. The molecule has 2 rings (SSSR count). The Bertz CT molecular complexity index is 311. The average Bonchev–Trinajstić information content (AvgIpc) is 2.81. The number of thiazole rings is 1. The SMILES string of the molecule is CCCNC1CCC(C)CC1Sc1nccs1. The zero-order valence-corrected chi connectivity index (χ0v) is 12.3. The van der Waals surface area contributed by atoms with Gasteiger partial charge in [0.05, 0.1) is 0 Å². The van der Waals surface area contributed by atoms with Gasteiger partial charge in [-0.1, -0.05) is 25.6 Å².